The van der Waals surface area contributed by atoms with E-state index in [0.717, 1.165) is 4.90 Å². The Balaban J connectivity index is 2.41. The van der Waals surface area contributed by atoms with Crippen molar-refractivity contribution in [1.29, 1.82) is 0 Å². The topological polar surface area (TPSA) is 54.5 Å². The van der Waals surface area contributed by atoms with E-state index in [1.54, 1.807) is 24.3 Å². The van der Waals surface area contributed by atoms with E-state index in [2.05, 4.69) is 12.6 Å². The van der Waals surface area contributed by atoms with Crippen LogP contribution in [0, 0.1) is 0 Å². The van der Waals surface area contributed by atoms with Gasteiger partial charge in [0.1, 0.15) is 0 Å². The number of imide groups is 1. The van der Waals surface area contributed by atoms with Crippen LogP contribution in [0.1, 0.15) is 20.7 Å². The van der Waals surface area contributed by atoms with Crippen molar-refractivity contribution >= 4 is 29.6 Å². The molecule has 1 aliphatic rings. The molecule has 0 aliphatic carbocycles. The van der Waals surface area contributed by atoms with Gasteiger partial charge in [-0.15, -0.1) is 12.6 Å². The second-order valence-electron chi connectivity index (χ2n) is 3.14. The second-order valence-corrected chi connectivity index (χ2v) is 3.63. The van der Waals surface area contributed by atoms with Crippen LogP contribution in [0.2, 0.25) is 0 Å². The summed E-state index contributed by atoms with van der Waals surface area (Å²) in [5.41, 5.74) is 0.689. The number of fused-ring (bicyclic) bond motifs is 1. The lowest BCUT2D eigenvalue weighted by atomic mass is 10.1. The predicted molar refractivity (Wildman–Crippen MR) is 55.8 cm³/mol. The van der Waals surface area contributed by atoms with Crippen molar-refractivity contribution in [3.8, 4) is 0 Å². The van der Waals surface area contributed by atoms with Crippen molar-refractivity contribution < 1.29 is 14.4 Å². The highest BCUT2D eigenvalue weighted by Crippen LogP contribution is 2.21. The normalized spacial score (nSPS) is 14.3. The van der Waals surface area contributed by atoms with Gasteiger partial charge >= 0.3 is 0 Å². The quantitative estimate of drug-likeness (QED) is 0.592. The summed E-state index contributed by atoms with van der Waals surface area (Å²) < 4.78 is 0. The lowest BCUT2D eigenvalue weighted by molar-refractivity contribution is -0.111. The Kier molecular flexibility index (Phi) is 2.32. The molecule has 76 valence electrons. The molecule has 0 bridgehead atoms. The van der Waals surface area contributed by atoms with E-state index in [1.165, 1.54) is 0 Å². The summed E-state index contributed by atoms with van der Waals surface area (Å²) in [6.07, 6.45) is 0. The Morgan fingerprint density at radius 1 is 1.13 bits per heavy atom. The lowest BCUT2D eigenvalue weighted by Crippen LogP contribution is -2.33. The van der Waals surface area contributed by atoms with E-state index in [-0.39, 0.29) is 6.54 Å². The Bertz CT molecular complexity index is 434. The first kappa shape index (κ1) is 9.92. The summed E-state index contributed by atoms with van der Waals surface area (Å²) in [5, 5.41) is -0.510. The highest BCUT2D eigenvalue weighted by atomic mass is 32.1. The molecule has 0 unspecified atom stereocenters. The van der Waals surface area contributed by atoms with Crippen molar-refractivity contribution in [1.82, 2.24) is 4.90 Å². The molecule has 2 rings (SSSR count). The van der Waals surface area contributed by atoms with Gasteiger partial charge in [-0.2, -0.15) is 0 Å². The van der Waals surface area contributed by atoms with Crippen molar-refractivity contribution in [3.63, 3.8) is 0 Å². The third-order valence-corrected chi connectivity index (χ3v) is 2.31. The Labute approximate surface area is 91.3 Å². The summed E-state index contributed by atoms with van der Waals surface area (Å²) >= 11 is 3.55. The molecule has 1 aromatic rings. The molecule has 0 spiro atoms. The zero-order valence-electron chi connectivity index (χ0n) is 7.64. The average Bonchev–Trinajstić information content (AvgIpc) is 2.44. The van der Waals surface area contributed by atoms with E-state index in [4.69, 9.17) is 0 Å². The summed E-state index contributed by atoms with van der Waals surface area (Å²) in [6, 6.07) is 6.49. The van der Waals surface area contributed by atoms with Crippen LogP contribution in [0.4, 0.5) is 0 Å². The smallest absolute Gasteiger partial charge is 0.261 e. The first-order chi connectivity index (χ1) is 7.11. The summed E-state index contributed by atoms with van der Waals surface area (Å²) in [5.74, 6) is -0.865. The van der Waals surface area contributed by atoms with Crippen molar-refractivity contribution in [2.24, 2.45) is 0 Å². The molecular weight excluding hydrogens is 214 g/mol. The first-order valence-electron chi connectivity index (χ1n) is 4.28. The van der Waals surface area contributed by atoms with Crippen LogP contribution in [0.25, 0.3) is 0 Å². The minimum absolute atomic E-state index is 0.282. The number of thiol groups is 1. The lowest BCUT2D eigenvalue weighted by Gasteiger charge is -2.09. The summed E-state index contributed by atoms with van der Waals surface area (Å²) in [4.78, 5) is 35.0. The highest BCUT2D eigenvalue weighted by molar-refractivity contribution is 7.96. The monoisotopic (exact) mass is 221 g/mol. The van der Waals surface area contributed by atoms with Crippen LogP contribution in [0.5, 0.6) is 0 Å². The second kappa shape index (κ2) is 3.51. The van der Waals surface area contributed by atoms with E-state index in [0.29, 0.717) is 11.1 Å². The van der Waals surface area contributed by atoms with E-state index >= 15 is 0 Å². The van der Waals surface area contributed by atoms with Crippen LogP contribution < -0.4 is 0 Å². The molecule has 0 radical (unpaired) electrons. The number of amides is 2. The number of nitrogens with zero attached hydrogens (tertiary/aromatic N) is 1. The molecule has 0 saturated carbocycles. The molecule has 0 saturated heterocycles. The third-order valence-electron chi connectivity index (χ3n) is 2.17. The van der Waals surface area contributed by atoms with Crippen LogP contribution in [-0.2, 0) is 4.79 Å². The molecule has 0 atom stereocenters. The molecule has 5 heteroatoms. The van der Waals surface area contributed by atoms with Crippen molar-refractivity contribution in [3.05, 3.63) is 35.4 Å². The first-order valence-corrected chi connectivity index (χ1v) is 4.73. The fourth-order valence-electron chi connectivity index (χ4n) is 1.52. The number of hydrogen-bond donors (Lipinski definition) is 1. The number of rotatable bonds is 2. The van der Waals surface area contributed by atoms with Gasteiger partial charge in [-0.3, -0.25) is 19.3 Å². The highest BCUT2D eigenvalue weighted by Gasteiger charge is 2.35. The van der Waals surface area contributed by atoms with Crippen molar-refractivity contribution in [2.75, 3.05) is 6.54 Å². The molecular formula is C10H7NO3S. The molecule has 1 aliphatic heterocycles. The predicted octanol–water partition coefficient (Wildman–Crippen LogP) is 0.739. The number of benzene rings is 1. The van der Waals surface area contributed by atoms with Gasteiger partial charge in [0.05, 0.1) is 17.7 Å². The number of carbonyl (C=O) groups is 3. The minimum Gasteiger partial charge on any atom is -0.285 e. The van der Waals surface area contributed by atoms with Gasteiger partial charge in [-0.25, -0.2) is 0 Å². The SMILES string of the molecule is O=C(S)CN1C(=O)c2ccccc2C1=O. The van der Waals surface area contributed by atoms with E-state index in [1.807, 2.05) is 0 Å². The van der Waals surface area contributed by atoms with Crippen LogP contribution in [0.15, 0.2) is 24.3 Å². The maximum Gasteiger partial charge on any atom is 0.261 e. The molecule has 0 N–H and O–H groups in total. The Hall–Kier alpha value is -1.62. The van der Waals surface area contributed by atoms with Gasteiger partial charge in [0.25, 0.3) is 11.8 Å². The van der Waals surface area contributed by atoms with Crippen LogP contribution in [-0.4, -0.2) is 28.4 Å². The molecule has 0 aromatic heterocycles. The van der Waals surface area contributed by atoms with Crippen LogP contribution >= 0.6 is 12.6 Å². The number of carbonyl (C=O) groups excluding carboxylic acids is 3. The largest absolute Gasteiger partial charge is 0.285 e. The van der Waals surface area contributed by atoms with Gasteiger partial charge in [0, 0.05) is 0 Å². The van der Waals surface area contributed by atoms with E-state index < -0.39 is 16.9 Å². The fraction of sp³-hybridized carbons (Fsp3) is 0.100. The van der Waals surface area contributed by atoms with Gasteiger partial charge in [0.2, 0.25) is 5.12 Å². The van der Waals surface area contributed by atoms with Crippen molar-refractivity contribution in [2.45, 2.75) is 0 Å². The molecule has 1 heterocycles. The van der Waals surface area contributed by atoms with Gasteiger partial charge in [-0.1, -0.05) is 12.1 Å². The van der Waals surface area contributed by atoms with Gasteiger partial charge in [0.15, 0.2) is 0 Å². The maximum absolute atomic E-state index is 11.7. The summed E-state index contributed by atoms with van der Waals surface area (Å²) in [6.45, 7) is -0.282. The molecule has 1 aromatic carbocycles. The van der Waals surface area contributed by atoms with Crippen LogP contribution in [0.3, 0.4) is 0 Å². The zero-order chi connectivity index (χ0) is 11.0. The average molecular weight is 221 g/mol. The molecule has 0 fully saturated rings. The molecule has 2 amide bonds. The zero-order valence-corrected chi connectivity index (χ0v) is 8.53. The standard InChI is InChI=1S/C10H7NO3S/c12-8(15)5-11-9(13)6-3-1-2-4-7(6)10(11)14/h1-4H,5H2,(H,12,15). The number of hydrogen-bond acceptors (Lipinski definition) is 3. The summed E-state index contributed by atoms with van der Waals surface area (Å²) in [7, 11) is 0. The van der Waals surface area contributed by atoms with Gasteiger partial charge < -0.3 is 0 Å². The van der Waals surface area contributed by atoms with E-state index in [9.17, 15) is 14.4 Å². The molecule has 15 heavy (non-hydrogen) atoms. The fourth-order valence-corrected chi connectivity index (χ4v) is 1.66. The Morgan fingerprint density at radius 2 is 1.60 bits per heavy atom. The van der Waals surface area contributed by atoms with Gasteiger partial charge in [-0.05, 0) is 12.1 Å². The minimum atomic E-state index is -0.510. The molecule has 4 nitrogen and oxygen atoms in total. The maximum atomic E-state index is 11.7. The Morgan fingerprint density at radius 3 is 2.00 bits per heavy atom. The third kappa shape index (κ3) is 1.55.